The molecule has 1 unspecified atom stereocenters. The summed E-state index contributed by atoms with van der Waals surface area (Å²) in [6.07, 6.45) is 0.889. The lowest BCUT2D eigenvalue weighted by molar-refractivity contribution is 0.206. The second-order valence-corrected chi connectivity index (χ2v) is 5.28. The van der Waals surface area contributed by atoms with Crippen molar-refractivity contribution in [2.24, 2.45) is 5.73 Å². The van der Waals surface area contributed by atoms with Gasteiger partial charge in [-0.1, -0.05) is 22.0 Å². The van der Waals surface area contributed by atoms with Gasteiger partial charge >= 0.3 is 0 Å². The highest BCUT2D eigenvalue weighted by Crippen LogP contribution is 2.25. The minimum Gasteiger partial charge on any atom is -0.383 e. The molecule has 0 saturated heterocycles. The number of nitrogens with two attached hydrogens (primary N) is 1. The maximum absolute atomic E-state index is 5.88. The topological polar surface area (TPSA) is 38.5 Å². The van der Waals surface area contributed by atoms with Crippen molar-refractivity contribution in [3.05, 3.63) is 28.2 Å². The fraction of sp³-hybridized carbons (Fsp3) is 0.538. The monoisotopic (exact) mass is 300 g/mol. The molecule has 3 nitrogen and oxygen atoms in total. The van der Waals surface area contributed by atoms with Crippen LogP contribution in [0.2, 0.25) is 0 Å². The first-order chi connectivity index (χ1) is 8.04. The van der Waals surface area contributed by atoms with E-state index < -0.39 is 0 Å². The maximum atomic E-state index is 5.88. The molecule has 0 aliphatic rings. The van der Waals surface area contributed by atoms with Crippen molar-refractivity contribution in [3.8, 4) is 0 Å². The molecule has 0 amide bonds. The molecule has 0 spiro atoms. The van der Waals surface area contributed by atoms with E-state index in [2.05, 4.69) is 46.1 Å². The summed E-state index contributed by atoms with van der Waals surface area (Å²) in [6, 6.07) is 6.50. The zero-order valence-electron chi connectivity index (χ0n) is 10.7. The third kappa shape index (κ3) is 4.66. The van der Waals surface area contributed by atoms with Gasteiger partial charge in [0, 0.05) is 36.9 Å². The Morgan fingerprint density at radius 3 is 2.76 bits per heavy atom. The molecule has 4 heteroatoms. The van der Waals surface area contributed by atoms with Gasteiger partial charge in [-0.15, -0.1) is 0 Å². The Morgan fingerprint density at radius 1 is 1.47 bits per heavy atom. The highest BCUT2D eigenvalue weighted by Gasteiger charge is 2.09. The number of rotatable bonds is 6. The van der Waals surface area contributed by atoms with Crippen molar-refractivity contribution >= 4 is 21.6 Å². The Morgan fingerprint density at radius 2 is 2.18 bits per heavy atom. The van der Waals surface area contributed by atoms with Crippen molar-refractivity contribution in [1.82, 2.24) is 0 Å². The minimum absolute atomic E-state index is 0.172. The molecule has 0 aliphatic heterocycles. The van der Waals surface area contributed by atoms with Gasteiger partial charge in [0.15, 0.2) is 0 Å². The summed E-state index contributed by atoms with van der Waals surface area (Å²) in [4.78, 5) is 2.20. The predicted molar refractivity (Wildman–Crippen MR) is 76.6 cm³/mol. The Bertz CT molecular complexity index is 355. The van der Waals surface area contributed by atoms with Gasteiger partial charge in [0.25, 0.3) is 0 Å². The van der Waals surface area contributed by atoms with Crippen LogP contribution in [0, 0.1) is 0 Å². The van der Waals surface area contributed by atoms with Gasteiger partial charge in [-0.3, -0.25) is 0 Å². The van der Waals surface area contributed by atoms with Gasteiger partial charge < -0.3 is 15.4 Å². The number of halogens is 1. The molecular weight excluding hydrogens is 280 g/mol. The molecule has 1 aromatic carbocycles. The quantitative estimate of drug-likeness (QED) is 0.877. The van der Waals surface area contributed by atoms with Gasteiger partial charge in [0.2, 0.25) is 0 Å². The van der Waals surface area contributed by atoms with E-state index >= 15 is 0 Å². The third-order valence-corrected chi connectivity index (χ3v) is 3.12. The predicted octanol–water partition coefficient (Wildman–Crippen LogP) is 2.42. The first-order valence-electron chi connectivity index (χ1n) is 5.78. The Hall–Kier alpha value is -0.580. The molecule has 0 saturated carbocycles. The number of hydrogen-bond donors (Lipinski definition) is 1. The summed E-state index contributed by atoms with van der Waals surface area (Å²) >= 11 is 3.51. The van der Waals surface area contributed by atoms with Crippen LogP contribution in [0.15, 0.2) is 22.7 Å². The fourth-order valence-corrected chi connectivity index (χ4v) is 2.11. The first-order valence-corrected chi connectivity index (χ1v) is 6.58. The minimum atomic E-state index is 0.172. The number of methoxy groups -OCH3 is 1. The number of likely N-dealkylation sites (N-methyl/N-ethyl adjacent to an activating group) is 1. The second kappa shape index (κ2) is 6.99. The van der Waals surface area contributed by atoms with Crippen LogP contribution in [0.3, 0.4) is 0 Å². The number of anilines is 1. The Balaban J connectivity index is 2.89. The average molecular weight is 301 g/mol. The molecule has 0 radical (unpaired) electrons. The zero-order valence-corrected chi connectivity index (χ0v) is 12.3. The normalized spacial score (nSPS) is 12.5. The van der Waals surface area contributed by atoms with E-state index in [-0.39, 0.29) is 6.04 Å². The molecule has 1 aromatic rings. The number of nitrogens with zero attached hydrogens (tertiary/aromatic N) is 1. The van der Waals surface area contributed by atoms with E-state index in [1.165, 1.54) is 11.3 Å². The smallest absolute Gasteiger partial charge is 0.0637 e. The van der Waals surface area contributed by atoms with Gasteiger partial charge in [0.05, 0.1) is 6.61 Å². The molecule has 0 fully saturated rings. The van der Waals surface area contributed by atoms with E-state index in [0.29, 0.717) is 0 Å². The van der Waals surface area contributed by atoms with E-state index in [1.54, 1.807) is 7.11 Å². The van der Waals surface area contributed by atoms with Crippen molar-refractivity contribution in [2.45, 2.75) is 19.4 Å². The summed E-state index contributed by atoms with van der Waals surface area (Å²) in [5, 5.41) is 0. The van der Waals surface area contributed by atoms with Gasteiger partial charge in [-0.2, -0.15) is 0 Å². The summed E-state index contributed by atoms with van der Waals surface area (Å²) < 4.78 is 6.20. The van der Waals surface area contributed by atoms with Crippen molar-refractivity contribution in [3.63, 3.8) is 0 Å². The lowest BCUT2D eigenvalue weighted by Crippen LogP contribution is -2.25. The number of hydrogen-bond acceptors (Lipinski definition) is 3. The number of benzene rings is 1. The lowest BCUT2D eigenvalue weighted by Gasteiger charge is -2.23. The molecular formula is C13H21BrN2O. The number of ether oxygens (including phenoxy) is 1. The second-order valence-electron chi connectivity index (χ2n) is 4.37. The molecule has 1 rings (SSSR count). The summed E-state index contributed by atoms with van der Waals surface area (Å²) in [5.41, 5.74) is 8.37. The van der Waals surface area contributed by atoms with Crippen LogP contribution >= 0.6 is 15.9 Å². The fourth-order valence-electron chi connectivity index (χ4n) is 1.76. The van der Waals surface area contributed by atoms with Crippen molar-refractivity contribution in [1.29, 1.82) is 0 Å². The molecule has 96 valence electrons. The highest BCUT2D eigenvalue weighted by atomic mass is 79.9. The van der Waals surface area contributed by atoms with Gasteiger partial charge in [-0.05, 0) is 31.0 Å². The summed E-state index contributed by atoms with van der Waals surface area (Å²) in [7, 11) is 3.79. The molecule has 0 heterocycles. The molecule has 0 aliphatic carbocycles. The van der Waals surface area contributed by atoms with Crippen LogP contribution < -0.4 is 10.6 Å². The largest absolute Gasteiger partial charge is 0.383 e. The average Bonchev–Trinajstić information content (AvgIpc) is 2.27. The summed E-state index contributed by atoms with van der Waals surface area (Å²) in [5.74, 6) is 0. The van der Waals surface area contributed by atoms with Crippen LogP contribution in [0.1, 0.15) is 12.5 Å². The van der Waals surface area contributed by atoms with Gasteiger partial charge in [0.1, 0.15) is 0 Å². The molecule has 0 bridgehead atoms. The first kappa shape index (κ1) is 14.5. The van der Waals surface area contributed by atoms with E-state index in [0.717, 1.165) is 24.0 Å². The summed E-state index contributed by atoms with van der Waals surface area (Å²) in [6.45, 7) is 3.63. The molecule has 1 atom stereocenters. The van der Waals surface area contributed by atoms with Gasteiger partial charge in [-0.25, -0.2) is 0 Å². The van der Waals surface area contributed by atoms with Crippen LogP contribution in [0.4, 0.5) is 5.69 Å². The zero-order chi connectivity index (χ0) is 12.8. The van der Waals surface area contributed by atoms with E-state index in [9.17, 15) is 0 Å². The van der Waals surface area contributed by atoms with Crippen LogP contribution in [-0.4, -0.2) is 33.4 Å². The third-order valence-electron chi connectivity index (χ3n) is 2.63. The van der Waals surface area contributed by atoms with Crippen molar-refractivity contribution in [2.75, 3.05) is 32.2 Å². The Labute approximate surface area is 112 Å². The van der Waals surface area contributed by atoms with Crippen molar-refractivity contribution < 1.29 is 4.74 Å². The lowest BCUT2D eigenvalue weighted by atomic mass is 10.0. The van der Waals surface area contributed by atoms with Crippen LogP contribution in [0.25, 0.3) is 0 Å². The molecule has 2 N–H and O–H groups in total. The molecule has 17 heavy (non-hydrogen) atoms. The Kier molecular flexibility index (Phi) is 5.95. The van der Waals surface area contributed by atoms with E-state index in [4.69, 9.17) is 10.5 Å². The standard InChI is InChI=1S/C13H21BrN2O/c1-10(15)8-11-4-5-12(14)9-13(11)16(2)6-7-17-3/h4-5,9-10H,6-8,15H2,1-3H3. The highest BCUT2D eigenvalue weighted by molar-refractivity contribution is 9.10. The van der Waals surface area contributed by atoms with E-state index in [1.807, 2.05) is 6.92 Å². The van der Waals surface area contributed by atoms with Crippen LogP contribution in [0.5, 0.6) is 0 Å². The molecule has 0 aromatic heterocycles. The maximum Gasteiger partial charge on any atom is 0.0637 e. The SMILES string of the molecule is COCCN(C)c1cc(Br)ccc1CC(C)N. The van der Waals surface area contributed by atoms with Crippen LogP contribution in [-0.2, 0) is 11.2 Å².